The lowest BCUT2D eigenvalue weighted by molar-refractivity contribution is -0.384. The second kappa shape index (κ2) is 9.07. The second-order valence-corrected chi connectivity index (χ2v) is 8.94. The fourth-order valence-electron chi connectivity index (χ4n) is 5.28. The predicted molar refractivity (Wildman–Crippen MR) is 121 cm³/mol. The van der Waals surface area contributed by atoms with Crippen LogP contribution in [-0.2, 0) is 22.5 Å². The average molecular weight is 455 g/mol. The molecular formula is C24H27FN4O4. The Morgan fingerprint density at radius 2 is 1.85 bits per heavy atom. The molecule has 3 aliphatic heterocycles. The van der Waals surface area contributed by atoms with E-state index in [1.807, 2.05) is 11.0 Å². The summed E-state index contributed by atoms with van der Waals surface area (Å²) in [5.41, 5.74) is 2.93. The van der Waals surface area contributed by atoms with Gasteiger partial charge in [0, 0.05) is 57.1 Å². The number of hydrogen-bond donors (Lipinski definition) is 0. The summed E-state index contributed by atoms with van der Waals surface area (Å²) in [5, 5.41) is 11.3. The molecule has 5 rings (SSSR count). The van der Waals surface area contributed by atoms with Gasteiger partial charge in [-0.15, -0.1) is 0 Å². The van der Waals surface area contributed by atoms with Crippen molar-refractivity contribution in [3.63, 3.8) is 0 Å². The van der Waals surface area contributed by atoms with Gasteiger partial charge in [0.2, 0.25) is 5.91 Å². The van der Waals surface area contributed by atoms with Crippen LogP contribution in [0.25, 0.3) is 0 Å². The summed E-state index contributed by atoms with van der Waals surface area (Å²) >= 11 is 0. The van der Waals surface area contributed by atoms with Gasteiger partial charge in [0.05, 0.1) is 30.1 Å². The van der Waals surface area contributed by atoms with Crippen LogP contribution in [0, 0.1) is 21.8 Å². The van der Waals surface area contributed by atoms with Crippen LogP contribution in [0.5, 0.6) is 0 Å². The number of ether oxygens (including phenoxy) is 1. The number of benzene rings is 2. The minimum atomic E-state index is -0.383. The van der Waals surface area contributed by atoms with Gasteiger partial charge in [-0.25, -0.2) is 4.39 Å². The van der Waals surface area contributed by atoms with Gasteiger partial charge >= 0.3 is 0 Å². The van der Waals surface area contributed by atoms with E-state index >= 15 is 0 Å². The number of nitro groups is 1. The van der Waals surface area contributed by atoms with E-state index in [4.69, 9.17) is 4.74 Å². The molecule has 2 aromatic rings. The van der Waals surface area contributed by atoms with Crippen molar-refractivity contribution in [1.82, 2.24) is 9.80 Å². The van der Waals surface area contributed by atoms with E-state index in [0.29, 0.717) is 45.8 Å². The molecule has 174 valence electrons. The van der Waals surface area contributed by atoms with E-state index in [-0.39, 0.29) is 34.3 Å². The molecule has 0 radical (unpaired) electrons. The van der Waals surface area contributed by atoms with Crippen molar-refractivity contribution in [3.05, 3.63) is 69.5 Å². The topological polar surface area (TPSA) is 79.2 Å². The van der Waals surface area contributed by atoms with Crippen LogP contribution in [0.15, 0.2) is 42.5 Å². The van der Waals surface area contributed by atoms with Crippen LogP contribution in [0.1, 0.15) is 11.1 Å². The lowest BCUT2D eigenvalue weighted by atomic mass is 9.82. The first-order valence-electron chi connectivity index (χ1n) is 11.4. The van der Waals surface area contributed by atoms with E-state index in [1.54, 1.807) is 24.3 Å². The summed E-state index contributed by atoms with van der Waals surface area (Å²) in [6, 6.07) is 11.5. The zero-order valence-corrected chi connectivity index (χ0v) is 18.4. The van der Waals surface area contributed by atoms with Crippen molar-refractivity contribution in [1.29, 1.82) is 0 Å². The highest BCUT2D eigenvalue weighted by Gasteiger charge is 2.43. The maximum Gasteiger partial charge on any atom is 0.269 e. The lowest BCUT2D eigenvalue weighted by Gasteiger charge is -2.50. The van der Waals surface area contributed by atoms with Crippen LogP contribution in [-0.4, -0.2) is 72.6 Å². The lowest BCUT2D eigenvalue weighted by Crippen LogP contribution is -2.61. The number of amides is 1. The highest BCUT2D eigenvalue weighted by molar-refractivity contribution is 5.82. The maximum atomic E-state index is 13.6. The molecule has 0 bridgehead atoms. The highest BCUT2D eigenvalue weighted by atomic mass is 19.1. The predicted octanol–water partition coefficient (Wildman–Crippen LogP) is 2.46. The molecule has 0 saturated carbocycles. The summed E-state index contributed by atoms with van der Waals surface area (Å²) in [5.74, 6) is -0.444. The monoisotopic (exact) mass is 454 g/mol. The normalized spacial score (nSPS) is 23.1. The Hall–Kier alpha value is -3.04. The minimum absolute atomic E-state index is 0.0245. The Morgan fingerprint density at radius 3 is 2.58 bits per heavy atom. The number of morpholine rings is 1. The van der Waals surface area contributed by atoms with Crippen LogP contribution >= 0.6 is 0 Å². The molecule has 2 fully saturated rings. The quantitative estimate of drug-likeness (QED) is 0.522. The molecule has 33 heavy (non-hydrogen) atoms. The molecule has 2 aromatic carbocycles. The average Bonchev–Trinajstić information content (AvgIpc) is 2.84. The number of piperazine rings is 1. The zero-order valence-electron chi connectivity index (χ0n) is 18.4. The molecule has 0 aromatic heterocycles. The third-order valence-electron chi connectivity index (χ3n) is 6.95. The minimum Gasteiger partial charge on any atom is -0.378 e. The molecule has 0 unspecified atom stereocenters. The number of anilines is 1. The fourth-order valence-corrected chi connectivity index (χ4v) is 5.28. The van der Waals surface area contributed by atoms with Gasteiger partial charge in [-0.2, -0.15) is 0 Å². The molecule has 1 amide bonds. The molecule has 0 aliphatic carbocycles. The van der Waals surface area contributed by atoms with Gasteiger partial charge in [0.15, 0.2) is 0 Å². The largest absolute Gasteiger partial charge is 0.378 e. The van der Waals surface area contributed by atoms with Gasteiger partial charge in [0.25, 0.3) is 5.69 Å². The summed E-state index contributed by atoms with van der Waals surface area (Å²) in [4.78, 5) is 31.0. The van der Waals surface area contributed by atoms with Gasteiger partial charge in [-0.05, 0) is 35.7 Å². The van der Waals surface area contributed by atoms with E-state index < -0.39 is 0 Å². The summed E-state index contributed by atoms with van der Waals surface area (Å²) in [6.07, 6.45) is 0.485. The molecule has 2 saturated heterocycles. The fraction of sp³-hybridized carbons (Fsp3) is 0.458. The maximum absolute atomic E-state index is 13.6. The van der Waals surface area contributed by atoms with Crippen molar-refractivity contribution in [2.45, 2.75) is 19.0 Å². The summed E-state index contributed by atoms with van der Waals surface area (Å²) in [6.45, 7) is 5.13. The smallest absolute Gasteiger partial charge is 0.269 e. The highest BCUT2D eigenvalue weighted by Crippen LogP contribution is 2.38. The van der Waals surface area contributed by atoms with Gasteiger partial charge in [-0.3, -0.25) is 19.8 Å². The van der Waals surface area contributed by atoms with Gasteiger partial charge < -0.3 is 14.5 Å². The zero-order chi connectivity index (χ0) is 22.9. The molecule has 0 spiro atoms. The van der Waals surface area contributed by atoms with Crippen molar-refractivity contribution in [3.8, 4) is 0 Å². The Bertz CT molecular complexity index is 1040. The number of rotatable bonds is 4. The van der Waals surface area contributed by atoms with Crippen molar-refractivity contribution < 1.29 is 18.8 Å². The number of nitrogens with zero attached hydrogens (tertiary/aromatic N) is 4. The number of nitro benzene ring substituents is 1. The number of non-ortho nitro benzene ring substituents is 1. The Labute approximate surface area is 191 Å². The molecular weight excluding hydrogens is 427 g/mol. The number of carbonyl (C=O) groups excluding carboxylic acids is 1. The van der Waals surface area contributed by atoms with E-state index in [9.17, 15) is 19.3 Å². The van der Waals surface area contributed by atoms with E-state index in [1.165, 1.54) is 12.1 Å². The molecule has 3 heterocycles. The standard InChI is InChI=1S/C24H27FN4O4/c25-19-3-1-17(2-4-19)15-26-7-8-28-22-6-5-20(29(31)32)13-18(22)14-21(23(28)16-26)24(30)27-9-11-33-12-10-27/h1-6,13,21,23H,7-12,14-16H2/t21-,23-/m0/s1. The SMILES string of the molecule is O=C([C@H]1Cc2cc([N+](=O)[O-])ccc2N2CCN(Cc3ccc(F)cc3)C[C@@H]12)N1CCOCC1. The van der Waals surface area contributed by atoms with Gasteiger partial charge in [-0.1, -0.05) is 12.1 Å². The second-order valence-electron chi connectivity index (χ2n) is 8.94. The number of carbonyl (C=O) groups is 1. The number of fused-ring (bicyclic) bond motifs is 3. The van der Waals surface area contributed by atoms with Crippen LogP contribution < -0.4 is 4.90 Å². The first-order valence-corrected chi connectivity index (χ1v) is 11.4. The van der Waals surface area contributed by atoms with Crippen molar-refractivity contribution >= 4 is 17.3 Å². The Morgan fingerprint density at radius 1 is 1.09 bits per heavy atom. The molecule has 8 nitrogen and oxygen atoms in total. The van der Waals surface area contributed by atoms with E-state index in [0.717, 1.165) is 29.9 Å². The summed E-state index contributed by atoms with van der Waals surface area (Å²) < 4.78 is 18.7. The van der Waals surface area contributed by atoms with Gasteiger partial charge in [0.1, 0.15) is 5.82 Å². The van der Waals surface area contributed by atoms with Crippen molar-refractivity contribution in [2.75, 3.05) is 50.8 Å². The van der Waals surface area contributed by atoms with Crippen LogP contribution in [0.3, 0.4) is 0 Å². The third kappa shape index (κ3) is 4.43. The first-order chi connectivity index (χ1) is 16.0. The first kappa shape index (κ1) is 21.8. The van der Waals surface area contributed by atoms with Crippen LogP contribution in [0.2, 0.25) is 0 Å². The molecule has 0 N–H and O–H groups in total. The molecule has 2 atom stereocenters. The Kier molecular flexibility index (Phi) is 5.99. The van der Waals surface area contributed by atoms with E-state index in [2.05, 4.69) is 9.80 Å². The third-order valence-corrected chi connectivity index (χ3v) is 6.95. The molecule has 9 heteroatoms. The number of hydrogen-bond acceptors (Lipinski definition) is 6. The van der Waals surface area contributed by atoms with Crippen molar-refractivity contribution in [2.24, 2.45) is 5.92 Å². The Balaban J connectivity index is 1.43. The molecule has 3 aliphatic rings. The van der Waals surface area contributed by atoms with Crippen LogP contribution in [0.4, 0.5) is 15.8 Å². The number of halogens is 1. The summed E-state index contributed by atoms with van der Waals surface area (Å²) in [7, 11) is 0.